The third-order valence-corrected chi connectivity index (χ3v) is 6.85. The molecule has 0 saturated heterocycles. The predicted molar refractivity (Wildman–Crippen MR) is 84.2 cm³/mol. The van der Waals surface area contributed by atoms with E-state index in [1.165, 1.54) is 30.3 Å². The van der Waals surface area contributed by atoms with Gasteiger partial charge in [0.15, 0.2) is 0 Å². The third kappa shape index (κ3) is 4.01. The van der Waals surface area contributed by atoms with E-state index in [1.807, 2.05) is 0 Å². The fourth-order valence-corrected chi connectivity index (χ4v) is 4.90. The number of nitrogens with one attached hydrogen (secondary N) is 1. The maximum absolute atomic E-state index is 12.1. The SMILES string of the molecule is O=[N+]([O-])c1ccc(CNS(=O)(=O)c2cc(Cl)c(Br)s2)cc1. The number of hydrogen-bond donors (Lipinski definition) is 1. The average molecular weight is 412 g/mol. The molecule has 0 aliphatic heterocycles. The number of hydrogen-bond acceptors (Lipinski definition) is 5. The van der Waals surface area contributed by atoms with Crippen molar-refractivity contribution in [3.05, 3.63) is 54.8 Å². The maximum atomic E-state index is 12.1. The molecular formula is C11H8BrClN2O4S2. The molecule has 0 spiro atoms. The molecule has 0 atom stereocenters. The van der Waals surface area contributed by atoms with E-state index in [4.69, 9.17) is 11.6 Å². The molecule has 0 aliphatic carbocycles. The van der Waals surface area contributed by atoms with E-state index >= 15 is 0 Å². The van der Waals surface area contributed by atoms with Gasteiger partial charge in [0.2, 0.25) is 10.0 Å². The molecule has 0 fully saturated rings. The molecule has 0 radical (unpaired) electrons. The Morgan fingerprint density at radius 1 is 1.33 bits per heavy atom. The van der Waals surface area contributed by atoms with E-state index in [2.05, 4.69) is 20.7 Å². The van der Waals surface area contributed by atoms with Gasteiger partial charge in [-0.2, -0.15) is 0 Å². The van der Waals surface area contributed by atoms with Gasteiger partial charge in [0.25, 0.3) is 5.69 Å². The summed E-state index contributed by atoms with van der Waals surface area (Å²) in [7, 11) is -3.67. The van der Waals surface area contributed by atoms with Crippen LogP contribution in [-0.2, 0) is 16.6 Å². The Morgan fingerprint density at radius 2 is 1.95 bits per heavy atom. The van der Waals surface area contributed by atoms with Crippen LogP contribution in [0.2, 0.25) is 5.02 Å². The maximum Gasteiger partial charge on any atom is 0.269 e. The molecule has 10 heteroatoms. The number of rotatable bonds is 5. The van der Waals surface area contributed by atoms with Gasteiger partial charge < -0.3 is 0 Å². The first-order valence-corrected chi connectivity index (χ1v) is 8.94. The van der Waals surface area contributed by atoms with Crippen LogP contribution in [-0.4, -0.2) is 13.3 Å². The quantitative estimate of drug-likeness (QED) is 0.602. The van der Waals surface area contributed by atoms with Crippen LogP contribution >= 0.6 is 38.9 Å². The molecule has 0 amide bonds. The van der Waals surface area contributed by atoms with Gasteiger partial charge in [0.05, 0.1) is 13.7 Å². The summed E-state index contributed by atoms with van der Waals surface area (Å²) in [6.45, 7) is 0.0352. The molecule has 2 rings (SSSR count). The number of nitrogens with zero attached hydrogens (tertiary/aromatic N) is 1. The summed E-state index contributed by atoms with van der Waals surface area (Å²) in [5.74, 6) is 0. The fourth-order valence-electron chi connectivity index (χ4n) is 1.44. The van der Waals surface area contributed by atoms with Crippen molar-refractivity contribution >= 4 is 54.6 Å². The largest absolute Gasteiger partial charge is 0.269 e. The number of nitro benzene ring substituents is 1. The highest BCUT2D eigenvalue weighted by Crippen LogP contribution is 2.34. The standard InChI is InChI=1S/C11H8BrClN2O4S2/c12-11-9(13)5-10(20-11)21(18,19)14-6-7-1-3-8(4-2-7)15(16)17/h1-5,14H,6H2. The van der Waals surface area contributed by atoms with Crippen molar-refractivity contribution < 1.29 is 13.3 Å². The predicted octanol–water partition coefficient (Wildman–Crippen LogP) is 3.55. The van der Waals surface area contributed by atoms with Crippen LogP contribution in [0.25, 0.3) is 0 Å². The minimum absolute atomic E-state index is 0.0352. The number of halogens is 2. The fraction of sp³-hybridized carbons (Fsp3) is 0.0909. The van der Waals surface area contributed by atoms with Gasteiger partial charge in [-0.15, -0.1) is 11.3 Å². The zero-order valence-corrected chi connectivity index (χ0v) is 14.2. The molecule has 0 saturated carbocycles. The minimum Gasteiger partial charge on any atom is -0.258 e. The van der Waals surface area contributed by atoms with E-state index in [1.54, 1.807) is 0 Å². The van der Waals surface area contributed by atoms with Gasteiger partial charge >= 0.3 is 0 Å². The number of thiophene rings is 1. The molecule has 6 nitrogen and oxygen atoms in total. The second-order valence-corrected chi connectivity index (χ2v) is 8.71. The summed E-state index contributed by atoms with van der Waals surface area (Å²) in [6.07, 6.45) is 0. The Bertz CT molecular complexity index is 755. The van der Waals surface area contributed by atoms with Gasteiger partial charge in [0, 0.05) is 18.7 Å². The van der Waals surface area contributed by atoms with Gasteiger partial charge in [-0.1, -0.05) is 23.7 Å². The summed E-state index contributed by atoms with van der Waals surface area (Å²) in [4.78, 5) is 10.0. The molecule has 1 aromatic heterocycles. The van der Waals surface area contributed by atoms with Crippen LogP contribution in [0, 0.1) is 10.1 Å². The van der Waals surface area contributed by atoms with E-state index in [0.29, 0.717) is 14.4 Å². The van der Waals surface area contributed by atoms with Crippen molar-refractivity contribution in [1.82, 2.24) is 4.72 Å². The van der Waals surface area contributed by atoms with Crippen molar-refractivity contribution in [3.63, 3.8) is 0 Å². The monoisotopic (exact) mass is 410 g/mol. The summed E-state index contributed by atoms with van der Waals surface area (Å²) in [5, 5.41) is 10.9. The Balaban J connectivity index is 2.09. The van der Waals surface area contributed by atoms with Crippen LogP contribution in [0.3, 0.4) is 0 Å². The topological polar surface area (TPSA) is 89.3 Å². The average Bonchev–Trinajstić information content (AvgIpc) is 2.78. The number of benzene rings is 1. The van der Waals surface area contributed by atoms with Crippen molar-refractivity contribution in [1.29, 1.82) is 0 Å². The van der Waals surface area contributed by atoms with Crippen molar-refractivity contribution in [2.24, 2.45) is 0 Å². The Labute approximate surface area is 138 Å². The van der Waals surface area contributed by atoms with E-state index < -0.39 is 14.9 Å². The molecule has 0 unspecified atom stereocenters. The Kier molecular flexibility index (Phi) is 4.99. The number of non-ortho nitro benzene ring substituents is 1. The third-order valence-electron chi connectivity index (χ3n) is 2.50. The van der Waals surface area contributed by atoms with Gasteiger partial charge in [-0.05, 0) is 27.6 Å². The molecule has 0 bridgehead atoms. The minimum atomic E-state index is -3.67. The summed E-state index contributed by atoms with van der Waals surface area (Å²) < 4.78 is 27.2. The summed E-state index contributed by atoms with van der Waals surface area (Å²) in [5.41, 5.74) is 0.571. The molecule has 1 N–H and O–H groups in total. The van der Waals surface area contributed by atoms with Crippen LogP contribution in [0.15, 0.2) is 38.3 Å². The molecule has 2 aromatic rings. The molecule has 1 aromatic carbocycles. The van der Waals surface area contributed by atoms with Crippen LogP contribution in [0.5, 0.6) is 0 Å². The van der Waals surface area contributed by atoms with Crippen molar-refractivity contribution in [3.8, 4) is 0 Å². The lowest BCUT2D eigenvalue weighted by atomic mass is 10.2. The highest BCUT2D eigenvalue weighted by molar-refractivity contribution is 9.11. The highest BCUT2D eigenvalue weighted by Gasteiger charge is 2.18. The molecular weight excluding hydrogens is 404 g/mol. The smallest absolute Gasteiger partial charge is 0.258 e. The molecule has 21 heavy (non-hydrogen) atoms. The first-order chi connectivity index (χ1) is 9.79. The zero-order valence-electron chi connectivity index (χ0n) is 10.2. The first-order valence-electron chi connectivity index (χ1n) is 5.47. The number of nitro groups is 1. The lowest BCUT2D eigenvalue weighted by molar-refractivity contribution is -0.384. The Hall–Kier alpha value is -1.00. The van der Waals surface area contributed by atoms with Crippen molar-refractivity contribution in [2.75, 3.05) is 0 Å². The zero-order chi connectivity index (χ0) is 15.6. The normalized spacial score (nSPS) is 11.5. The number of sulfonamides is 1. The van der Waals surface area contributed by atoms with E-state index in [0.717, 1.165) is 11.3 Å². The first kappa shape index (κ1) is 16.4. The summed E-state index contributed by atoms with van der Waals surface area (Å²) in [6, 6.07) is 6.99. The lowest BCUT2D eigenvalue weighted by Gasteiger charge is -2.04. The van der Waals surface area contributed by atoms with E-state index in [9.17, 15) is 18.5 Å². The van der Waals surface area contributed by atoms with Gasteiger partial charge in [-0.25, -0.2) is 13.1 Å². The van der Waals surface area contributed by atoms with Crippen LogP contribution in [0.1, 0.15) is 5.56 Å². The van der Waals surface area contributed by atoms with Crippen molar-refractivity contribution in [2.45, 2.75) is 10.8 Å². The molecule has 0 aliphatic rings. The molecule has 1 heterocycles. The van der Waals surface area contributed by atoms with Crippen LogP contribution < -0.4 is 4.72 Å². The summed E-state index contributed by atoms with van der Waals surface area (Å²) >= 11 is 9.97. The van der Waals surface area contributed by atoms with Crippen LogP contribution in [0.4, 0.5) is 5.69 Å². The van der Waals surface area contributed by atoms with E-state index in [-0.39, 0.29) is 16.4 Å². The second kappa shape index (κ2) is 6.41. The highest BCUT2D eigenvalue weighted by atomic mass is 79.9. The molecule has 112 valence electrons. The Morgan fingerprint density at radius 3 is 2.43 bits per heavy atom. The lowest BCUT2D eigenvalue weighted by Crippen LogP contribution is -2.22. The van der Waals surface area contributed by atoms with Gasteiger partial charge in [-0.3, -0.25) is 10.1 Å². The second-order valence-electron chi connectivity index (χ2n) is 3.94. The van der Waals surface area contributed by atoms with Gasteiger partial charge in [0.1, 0.15) is 4.21 Å².